The zero-order valence-corrected chi connectivity index (χ0v) is 17.7. The second kappa shape index (κ2) is 8.88. The van der Waals surface area contributed by atoms with Crippen molar-refractivity contribution in [3.63, 3.8) is 0 Å². The van der Waals surface area contributed by atoms with E-state index in [0.717, 1.165) is 0 Å². The zero-order chi connectivity index (χ0) is 19.4. The topological polar surface area (TPSA) is 81.3 Å². The van der Waals surface area contributed by atoms with E-state index in [1.807, 2.05) is 13.8 Å². The fourth-order valence-electron chi connectivity index (χ4n) is 2.51. The smallest absolute Gasteiger partial charge is 0.257 e. The minimum Gasteiger partial charge on any atom is -0.485 e. The average Bonchev–Trinajstić information content (AvgIpc) is 2.54. The summed E-state index contributed by atoms with van der Waals surface area (Å²) in [5.41, 5.74) is 7.07. The standard InChI is InChI=1S/C17H19BrCl2N4O2/c1-4-24(5-2)16(25)14-9(3)22-17(21)23-13(14)8-26-15-11(18)6-10(19)7-12(15)20/h6-7H,4-5,8H2,1-3H3,(H2,21,22,23). The van der Waals surface area contributed by atoms with Crippen molar-refractivity contribution in [3.8, 4) is 5.75 Å². The third-order valence-corrected chi connectivity index (χ3v) is 4.85. The molecule has 1 aromatic carbocycles. The van der Waals surface area contributed by atoms with Gasteiger partial charge in [0.05, 0.1) is 26.4 Å². The maximum Gasteiger partial charge on any atom is 0.257 e. The van der Waals surface area contributed by atoms with E-state index in [-0.39, 0.29) is 18.5 Å². The van der Waals surface area contributed by atoms with Gasteiger partial charge in [0.1, 0.15) is 6.61 Å². The van der Waals surface area contributed by atoms with Crippen molar-refractivity contribution in [2.24, 2.45) is 0 Å². The molecule has 0 saturated carbocycles. The van der Waals surface area contributed by atoms with Crippen molar-refractivity contribution >= 4 is 51.0 Å². The van der Waals surface area contributed by atoms with Gasteiger partial charge in [-0.05, 0) is 48.8 Å². The molecule has 0 unspecified atom stereocenters. The molecule has 6 nitrogen and oxygen atoms in total. The summed E-state index contributed by atoms with van der Waals surface area (Å²) in [4.78, 5) is 22.9. The fourth-order valence-corrected chi connectivity index (χ4v) is 3.88. The Balaban J connectivity index is 2.39. The summed E-state index contributed by atoms with van der Waals surface area (Å²) in [5, 5.41) is 0.827. The van der Waals surface area contributed by atoms with Crippen molar-refractivity contribution in [2.75, 3.05) is 18.8 Å². The molecule has 0 atom stereocenters. The highest BCUT2D eigenvalue weighted by Gasteiger charge is 2.23. The van der Waals surface area contributed by atoms with E-state index in [1.165, 1.54) is 0 Å². The monoisotopic (exact) mass is 460 g/mol. The molecule has 0 radical (unpaired) electrons. The number of halogens is 3. The molecule has 2 N–H and O–H groups in total. The molecule has 2 rings (SSSR count). The van der Waals surface area contributed by atoms with Crippen LogP contribution in [0.15, 0.2) is 16.6 Å². The molecule has 2 aromatic rings. The Hall–Kier alpha value is -1.57. The number of amides is 1. The molecule has 1 aromatic heterocycles. The highest BCUT2D eigenvalue weighted by molar-refractivity contribution is 9.10. The van der Waals surface area contributed by atoms with Gasteiger partial charge in [-0.25, -0.2) is 9.97 Å². The Morgan fingerprint density at radius 1 is 1.27 bits per heavy atom. The summed E-state index contributed by atoms with van der Waals surface area (Å²) >= 11 is 15.5. The van der Waals surface area contributed by atoms with Crippen LogP contribution in [0.4, 0.5) is 5.95 Å². The van der Waals surface area contributed by atoms with E-state index >= 15 is 0 Å². The highest BCUT2D eigenvalue weighted by atomic mass is 79.9. The lowest BCUT2D eigenvalue weighted by molar-refractivity contribution is 0.0768. The van der Waals surface area contributed by atoms with Gasteiger partial charge in [-0.2, -0.15) is 0 Å². The zero-order valence-electron chi connectivity index (χ0n) is 14.6. The van der Waals surface area contributed by atoms with Gasteiger partial charge in [0.25, 0.3) is 5.91 Å². The third kappa shape index (κ3) is 4.58. The van der Waals surface area contributed by atoms with Crippen LogP contribution < -0.4 is 10.5 Å². The Morgan fingerprint density at radius 2 is 1.92 bits per heavy atom. The number of carbonyl (C=O) groups excluding carboxylic acids is 1. The second-order valence-electron chi connectivity index (χ2n) is 5.45. The maximum atomic E-state index is 12.8. The van der Waals surface area contributed by atoms with Crippen molar-refractivity contribution in [1.29, 1.82) is 0 Å². The van der Waals surface area contributed by atoms with Gasteiger partial charge in [0, 0.05) is 18.1 Å². The number of hydrogen-bond donors (Lipinski definition) is 1. The van der Waals surface area contributed by atoms with Gasteiger partial charge in [0.15, 0.2) is 5.75 Å². The number of ether oxygens (including phenoxy) is 1. The van der Waals surface area contributed by atoms with Gasteiger partial charge in [-0.3, -0.25) is 4.79 Å². The molecule has 0 aliphatic carbocycles. The predicted molar refractivity (Wildman–Crippen MR) is 107 cm³/mol. The highest BCUT2D eigenvalue weighted by Crippen LogP contribution is 2.36. The van der Waals surface area contributed by atoms with E-state index in [0.29, 0.717) is 50.3 Å². The van der Waals surface area contributed by atoms with Crippen LogP contribution in [-0.4, -0.2) is 33.9 Å². The molecule has 0 saturated heterocycles. The van der Waals surface area contributed by atoms with Gasteiger partial charge in [-0.15, -0.1) is 0 Å². The van der Waals surface area contributed by atoms with E-state index in [1.54, 1.807) is 24.0 Å². The average molecular weight is 462 g/mol. The molecule has 1 amide bonds. The lowest BCUT2D eigenvalue weighted by Crippen LogP contribution is -2.32. The minimum atomic E-state index is -0.160. The number of aryl methyl sites for hydroxylation is 1. The Kier molecular flexibility index (Phi) is 7.08. The molecular weight excluding hydrogens is 443 g/mol. The third-order valence-electron chi connectivity index (χ3n) is 3.76. The number of nitrogens with two attached hydrogens (primary N) is 1. The molecular formula is C17H19BrCl2N4O2. The van der Waals surface area contributed by atoms with Crippen LogP contribution in [0.5, 0.6) is 5.75 Å². The summed E-state index contributed by atoms with van der Waals surface area (Å²) in [6.45, 7) is 6.71. The molecule has 140 valence electrons. The van der Waals surface area contributed by atoms with Crippen molar-refractivity contribution < 1.29 is 9.53 Å². The first-order valence-electron chi connectivity index (χ1n) is 7.98. The summed E-state index contributed by atoms with van der Waals surface area (Å²) in [5.74, 6) is 0.331. The van der Waals surface area contributed by atoms with Crippen LogP contribution in [0, 0.1) is 6.92 Å². The second-order valence-corrected chi connectivity index (χ2v) is 7.15. The minimum absolute atomic E-state index is 0.00978. The van der Waals surface area contributed by atoms with Crippen LogP contribution in [0.3, 0.4) is 0 Å². The molecule has 1 heterocycles. The van der Waals surface area contributed by atoms with E-state index < -0.39 is 0 Å². The van der Waals surface area contributed by atoms with E-state index in [4.69, 9.17) is 33.7 Å². The summed E-state index contributed by atoms with van der Waals surface area (Å²) in [6.07, 6.45) is 0. The number of carbonyl (C=O) groups is 1. The first kappa shape index (κ1) is 20.7. The molecule has 0 aliphatic rings. The van der Waals surface area contributed by atoms with Crippen molar-refractivity contribution in [2.45, 2.75) is 27.4 Å². The Labute approximate surface area is 170 Å². The summed E-state index contributed by atoms with van der Waals surface area (Å²) in [6, 6.07) is 3.25. The van der Waals surface area contributed by atoms with E-state index in [2.05, 4.69) is 25.9 Å². The molecule has 0 fully saturated rings. The quantitative estimate of drug-likeness (QED) is 0.684. The van der Waals surface area contributed by atoms with Crippen LogP contribution in [0.1, 0.15) is 35.6 Å². The summed E-state index contributed by atoms with van der Waals surface area (Å²) in [7, 11) is 0. The number of nitrogens with zero attached hydrogens (tertiary/aromatic N) is 3. The van der Waals surface area contributed by atoms with Gasteiger partial charge in [-0.1, -0.05) is 23.2 Å². The Bertz CT molecular complexity index is 806. The maximum absolute atomic E-state index is 12.8. The van der Waals surface area contributed by atoms with Crippen LogP contribution in [0.2, 0.25) is 10.0 Å². The number of aromatic nitrogens is 2. The number of hydrogen-bond acceptors (Lipinski definition) is 5. The molecule has 0 bridgehead atoms. The number of rotatable bonds is 6. The largest absolute Gasteiger partial charge is 0.485 e. The van der Waals surface area contributed by atoms with Gasteiger partial charge < -0.3 is 15.4 Å². The molecule has 0 aliphatic heterocycles. The van der Waals surface area contributed by atoms with Gasteiger partial charge in [0.2, 0.25) is 5.95 Å². The lowest BCUT2D eigenvalue weighted by atomic mass is 10.1. The summed E-state index contributed by atoms with van der Waals surface area (Å²) < 4.78 is 6.40. The first-order valence-corrected chi connectivity index (χ1v) is 9.52. The fraction of sp³-hybridized carbons (Fsp3) is 0.353. The molecule has 0 spiro atoms. The Morgan fingerprint density at radius 3 is 2.50 bits per heavy atom. The predicted octanol–water partition coefficient (Wildman–Crippen LogP) is 4.50. The number of benzene rings is 1. The van der Waals surface area contributed by atoms with E-state index in [9.17, 15) is 4.79 Å². The first-order chi connectivity index (χ1) is 12.3. The van der Waals surface area contributed by atoms with Crippen molar-refractivity contribution in [1.82, 2.24) is 14.9 Å². The van der Waals surface area contributed by atoms with Crippen LogP contribution in [0.25, 0.3) is 0 Å². The lowest BCUT2D eigenvalue weighted by Gasteiger charge is -2.21. The normalized spacial score (nSPS) is 10.7. The SMILES string of the molecule is CCN(CC)C(=O)c1c(C)nc(N)nc1COc1c(Cl)cc(Cl)cc1Br. The molecule has 26 heavy (non-hydrogen) atoms. The van der Waals surface area contributed by atoms with Crippen molar-refractivity contribution in [3.05, 3.63) is 43.6 Å². The molecule has 9 heteroatoms. The number of anilines is 1. The van der Waals surface area contributed by atoms with Gasteiger partial charge >= 0.3 is 0 Å². The van der Waals surface area contributed by atoms with Crippen LogP contribution >= 0.6 is 39.1 Å². The van der Waals surface area contributed by atoms with Crippen LogP contribution in [-0.2, 0) is 6.61 Å². The number of nitrogen functional groups attached to an aromatic ring is 1.